The third-order valence-corrected chi connectivity index (χ3v) is 3.98. The number of para-hydroxylation sites is 3. The van der Waals surface area contributed by atoms with Gasteiger partial charge in [0.1, 0.15) is 5.75 Å². The third-order valence-electron chi connectivity index (χ3n) is 3.70. The highest BCUT2D eigenvalue weighted by molar-refractivity contribution is 6.32. The molecule has 0 aromatic heterocycles. The monoisotopic (exact) mass is 383 g/mol. The second kappa shape index (κ2) is 8.47. The van der Waals surface area contributed by atoms with Gasteiger partial charge in [0.2, 0.25) is 0 Å². The minimum Gasteiger partial charge on any atom is -0.503 e. The average Bonchev–Trinajstić information content (AvgIpc) is 2.67. The molecule has 0 saturated heterocycles. The van der Waals surface area contributed by atoms with Crippen molar-refractivity contribution < 1.29 is 19.4 Å². The van der Waals surface area contributed by atoms with Gasteiger partial charge in [-0.05, 0) is 43.3 Å². The molecule has 0 atom stereocenters. The number of phenolic OH excluding ortho intramolecular Hbond substituents is 1. The number of hydrogen-bond donors (Lipinski definition) is 2. The molecule has 0 radical (unpaired) electrons. The SMILES string of the molecule is CCOc1cc(C(=O)Nc2ccccc2Oc2ccccc2)cc(Cl)c1O. The normalized spacial score (nSPS) is 10.3. The quantitative estimate of drug-likeness (QED) is 0.590. The van der Waals surface area contributed by atoms with Crippen LogP contribution in [-0.2, 0) is 0 Å². The standard InChI is InChI=1S/C21H18ClNO4/c1-2-26-19-13-14(12-16(22)20(19)24)21(25)23-17-10-6-7-11-18(17)27-15-8-4-3-5-9-15/h3-13,24H,2H2,1H3,(H,23,25). The van der Waals surface area contributed by atoms with Crippen LogP contribution in [0.4, 0.5) is 5.69 Å². The van der Waals surface area contributed by atoms with Gasteiger partial charge in [-0.15, -0.1) is 0 Å². The van der Waals surface area contributed by atoms with Gasteiger partial charge in [0.05, 0.1) is 17.3 Å². The predicted molar refractivity (Wildman–Crippen MR) is 105 cm³/mol. The van der Waals surface area contributed by atoms with E-state index in [0.717, 1.165) is 0 Å². The van der Waals surface area contributed by atoms with Gasteiger partial charge in [0, 0.05) is 5.56 Å². The lowest BCUT2D eigenvalue weighted by atomic mass is 10.1. The molecule has 0 fully saturated rings. The number of ether oxygens (including phenoxy) is 2. The van der Waals surface area contributed by atoms with E-state index >= 15 is 0 Å². The summed E-state index contributed by atoms with van der Waals surface area (Å²) >= 11 is 6.01. The molecule has 2 N–H and O–H groups in total. The topological polar surface area (TPSA) is 67.8 Å². The molecule has 3 aromatic rings. The van der Waals surface area contributed by atoms with Crippen molar-refractivity contribution in [2.24, 2.45) is 0 Å². The first-order valence-electron chi connectivity index (χ1n) is 8.37. The van der Waals surface area contributed by atoms with Crippen LogP contribution < -0.4 is 14.8 Å². The Morgan fingerprint density at radius 2 is 1.74 bits per heavy atom. The molecule has 0 unspecified atom stereocenters. The van der Waals surface area contributed by atoms with Gasteiger partial charge in [0.15, 0.2) is 17.2 Å². The molecule has 6 heteroatoms. The van der Waals surface area contributed by atoms with Crippen LogP contribution in [0.5, 0.6) is 23.0 Å². The molecule has 0 heterocycles. The Morgan fingerprint density at radius 3 is 2.48 bits per heavy atom. The van der Waals surface area contributed by atoms with Crippen molar-refractivity contribution in [1.82, 2.24) is 0 Å². The summed E-state index contributed by atoms with van der Waals surface area (Å²) in [6.45, 7) is 2.11. The van der Waals surface area contributed by atoms with E-state index in [1.165, 1.54) is 12.1 Å². The summed E-state index contributed by atoms with van der Waals surface area (Å²) in [5, 5.41) is 12.8. The van der Waals surface area contributed by atoms with E-state index < -0.39 is 5.91 Å². The third kappa shape index (κ3) is 4.51. The Morgan fingerprint density at radius 1 is 1.04 bits per heavy atom. The Kier molecular flexibility index (Phi) is 5.84. The predicted octanol–water partition coefficient (Wildman–Crippen LogP) is 5.49. The van der Waals surface area contributed by atoms with Crippen molar-refractivity contribution in [2.75, 3.05) is 11.9 Å². The molecule has 0 spiro atoms. The minimum atomic E-state index is -0.401. The van der Waals surface area contributed by atoms with E-state index in [2.05, 4.69) is 5.32 Å². The summed E-state index contributed by atoms with van der Waals surface area (Å²) in [7, 11) is 0. The second-order valence-corrected chi connectivity index (χ2v) is 6.01. The number of amides is 1. The molecule has 0 aliphatic carbocycles. The zero-order valence-electron chi connectivity index (χ0n) is 14.6. The summed E-state index contributed by atoms with van der Waals surface area (Å²) in [6.07, 6.45) is 0. The Hall–Kier alpha value is -3.18. The van der Waals surface area contributed by atoms with Crippen molar-refractivity contribution in [3.05, 3.63) is 77.3 Å². The number of carbonyl (C=O) groups excluding carboxylic acids is 1. The van der Waals surface area contributed by atoms with Crippen molar-refractivity contribution >= 4 is 23.2 Å². The van der Waals surface area contributed by atoms with Crippen molar-refractivity contribution in [2.45, 2.75) is 6.92 Å². The van der Waals surface area contributed by atoms with Gasteiger partial charge in [-0.2, -0.15) is 0 Å². The fourth-order valence-corrected chi connectivity index (χ4v) is 2.65. The number of hydrogen-bond acceptors (Lipinski definition) is 4. The highest BCUT2D eigenvalue weighted by Crippen LogP contribution is 2.36. The van der Waals surface area contributed by atoms with Crippen molar-refractivity contribution in [3.8, 4) is 23.0 Å². The number of anilines is 1. The van der Waals surface area contributed by atoms with Gasteiger partial charge >= 0.3 is 0 Å². The summed E-state index contributed by atoms with van der Waals surface area (Å²) in [6, 6.07) is 19.2. The molecule has 0 bridgehead atoms. The zero-order valence-corrected chi connectivity index (χ0v) is 15.4. The van der Waals surface area contributed by atoms with Crippen molar-refractivity contribution in [3.63, 3.8) is 0 Å². The van der Waals surface area contributed by atoms with Crippen LogP contribution in [-0.4, -0.2) is 17.6 Å². The van der Waals surface area contributed by atoms with Gasteiger partial charge < -0.3 is 19.9 Å². The van der Waals surface area contributed by atoms with Crippen molar-refractivity contribution in [1.29, 1.82) is 0 Å². The zero-order chi connectivity index (χ0) is 19.2. The number of halogens is 1. The summed E-state index contributed by atoms with van der Waals surface area (Å²) in [5.41, 5.74) is 0.768. The smallest absolute Gasteiger partial charge is 0.255 e. The van der Waals surface area contributed by atoms with Gasteiger partial charge in [0.25, 0.3) is 5.91 Å². The van der Waals surface area contributed by atoms with Crippen LogP contribution >= 0.6 is 11.6 Å². The minimum absolute atomic E-state index is 0.0416. The van der Waals surface area contributed by atoms with Crippen LogP contribution in [0.3, 0.4) is 0 Å². The molecular weight excluding hydrogens is 366 g/mol. The van der Waals surface area contributed by atoms with Crippen LogP contribution in [0.1, 0.15) is 17.3 Å². The van der Waals surface area contributed by atoms with E-state index in [0.29, 0.717) is 23.8 Å². The number of benzene rings is 3. The molecule has 27 heavy (non-hydrogen) atoms. The first kappa shape index (κ1) is 18.6. The molecule has 3 rings (SSSR count). The lowest BCUT2D eigenvalue weighted by Crippen LogP contribution is -2.13. The lowest BCUT2D eigenvalue weighted by molar-refractivity contribution is 0.102. The summed E-state index contributed by atoms with van der Waals surface area (Å²) in [4.78, 5) is 12.7. The van der Waals surface area contributed by atoms with E-state index in [1.54, 1.807) is 25.1 Å². The number of rotatable bonds is 6. The lowest BCUT2D eigenvalue weighted by Gasteiger charge is -2.13. The maximum atomic E-state index is 12.7. The summed E-state index contributed by atoms with van der Waals surface area (Å²) < 4.78 is 11.2. The van der Waals surface area contributed by atoms with Crippen LogP contribution in [0, 0.1) is 0 Å². The molecular formula is C21H18ClNO4. The molecule has 3 aromatic carbocycles. The Labute approximate surface area is 162 Å². The van der Waals surface area contributed by atoms with E-state index in [4.69, 9.17) is 21.1 Å². The van der Waals surface area contributed by atoms with E-state index in [1.807, 2.05) is 36.4 Å². The number of phenols is 1. The highest BCUT2D eigenvalue weighted by atomic mass is 35.5. The fourth-order valence-electron chi connectivity index (χ4n) is 2.44. The van der Waals surface area contributed by atoms with Gasteiger partial charge in [-0.25, -0.2) is 0 Å². The van der Waals surface area contributed by atoms with Crippen LogP contribution in [0.2, 0.25) is 5.02 Å². The first-order valence-corrected chi connectivity index (χ1v) is 8.75. The second-order valence-electron chi connectivity index (χ2n) is 5.60. The largest absolute Gasteiger partial charge is 0.503 e. The maximum absolute atomic E-state index is 12.7. The van der Waals surface area contributed by atoms with Gasteiger partial charge in [-0.3, -0.25) is 4.79 Å². The Balaban J connectivity index is 1.85. The first-order chi connectivity index (χ1) is 13.1. The Bertz CT molecular complexity index is 944. The maximum Gasteiger partial charge on any atom is 0.255 e. The summed E-state index contributed by atoms with van der Waals surface area (Å²) in [5.74, 6) is 0.728. The average molecular weight is 384 g/mol. The highest BCUT2D eigenvalue weighted by Gasteiger charge is 2.16. The van der Waals surface area contributed by atoms with E-state index in [9.17, 15) is 9.90 Å². The van der Waals surface area contributed by atoms with Crippen LogP contribution in [0.25, 0.3) is 0 Å². The number of aromatic hydroxyl groups is 1. The molecule has 0 aliphatic heterocycles. The van der Waals surface area contributed by atoms with Gasteiger partial charge in [-0.1, -0.05) is 41.9 Å². The number of nitrogens with one attached hydrogen (secondary N) is 1. The van der Waals surface area contributed by atoms with Crippen LogP contribution in [0.15, 0.2) is 66.7 Å². The molecule has 0 aliphatic rings. The fraction of sp³-hybridized carbons (Fsp3) is 0.0952. The number of carbonyl (C=O) groups is 1. The molecule has 5 nitrogen and oxygen atoms in total. The molecule has 1 amide bonds. The van der Waals surface area contributed by atoms with E-state index in [-0.39, 0.29) is 22.1 Å². The molecule has 138 valence electrons. The molecule has 0 saturated carbocycles.